The number of aromatic nitrogens is 2. The molecule has 132 valence electrons. The zero-order valence-corrected chi connectivity index (χ0v) is 14.6. The summed E-state index contributed by atoms with van der Waals surface area (Å²) >= 11 is 0. The highest BCUT2D eigenvalue weighted by Gasteiger charge is 2.30. The molecule has 0 spiro atoms. The minimum absolute atomic E-state index is 0.0295. The molecule has 2 aromatic rings. The monoisotopic (exact) mass is 338 g/mol. The smallest absolute Gasteiger partial charge is 0.272 e. The van der Waals surface area contributed by atoms with Gasteiger partial charge in [0.05, 0.1) is 5.69 Å². The summed E-state index contributed by atoms with van der Waals surface area (Å²) in [5.41, 5.74) is 9.86. The van der Waals surface area contributed by atoms with E-state index in [-0.39, 0.29) is 11.9 Å². The molecule has 5 heteroatoms. The van der Waals surface area contributed by atoms with Gasteiger partial charge in [0.15, 0.2) is 5.69 Å². The van der Waals surface area contributed by atoms with Gasteiger partial charge < -0.3 is 11.1 Å². The fourth-order valence-electron chi connectivity index (χ4n) is 4.32. The summed E-state index contributed by atoms with van der Waals surface area (Å²) < 4.78 is 1.96. The van der Waals surface area contributed by atoms with Crippen LogP contribution in [0.1, 0.15) is 53.8 Å². The third-order valence-corrected chi connectivity index (χ3v) is 5.67. The van der Waals surface area contributed by atoms with Crippen LogP contribution in [0, 0.1) is 5.92 Å². The van der Waals surface area contributed by atoms with Gasteiger partial charge in [-0.25, -0.2) is 4.68 Å². The number of carbonyl (C=O) groups is 1. The Morgan fingerprint density at radius 3 is 2.76 bits per heavy atom. The van der Waals surface area contributed by atoms with E-state index in [0.29, 0.717) is 18.2 Å². The largest absolute Gasteiger partial charge is 0.348 e. The number of rotatable bonds is 4. The molecule has 1 heterocycles. The second-order valence-corrected chi connectivity index (χ2v) is 7.23. The van der Waals surface area contributed by atoms with Gasteiger partial charge in [-0.3, -0.25) is 4.79 Å². The number of nitrogens with one attached hydrogen (secondary N) is 1. The van der Waals surface area contributed by atoms with E-state index in [1.165, 1.54) is 12.1 Å². The SMILES string of the molecule is NCC1CCCCC1NC(=O)c1nn(-c2ccccc2)c2c1CCC2. The molecule has 0 bridgehead atoms. The quantitative estimate of drug-likeness (QED) is 0.900. The summed E-state index contributed by atoms with van der Waals surface area (Å²) in [6.45, 7) is 0.640. The topological polar surface area (TPSA) is 72.9 Å². The van der Waals surface area contributed by atoms with Gasteiger partial charge in [-0.05, 0) is 56.7 Å². The van der Waals surface area contributed by atoms with Gasteiger partial charge in [0.25, 0.3) is 5.91 Å². The number of para-hydroxylation sites is 1. The van der Waals surface area contributed by atoms with Crippen molar-refractivity contribution in [2.45, 2.75) is 51.0 Å². The number of nitrogens with zero attached hydrogens (tertiary/aromatic N) is 2. The third kappa shape index (κ3) is 3.09. The van der Waals surface area contributed by atoms with Crippen LogP contribution >= 0.6 is 0 Å². The molecule has 1 amide bonds. The first-order valence-corrected chi connectivity index (χ1v) is 9.45. The van der Waals surface area contributed by atoms with Crippen LogP contribution in [0.5, 0.6) is 0 Å². The molecule has 2 unspecified atom stereocenters. The van der Waals surface area contributed by atoms with Crippen molar-refractivity contribution in [3.8, 4) is 5.69 Å². The van der Waals surface area contributed by atoms with Crippen LogP contribution in [-0.4, -0.2) is 28.3 Å². The van der Waals surface area contributed by atoms with E-state index >= 15 is 0 Å². The second-order valence-electron chi connectivity index (χ2n) is 7.23. The minimum atomic E-state index is -0.0295. The fourth-order valence-corrected chi connectivity index (χ4v) is 4.32. The van der Waals surface area contributed by atoms with E-state index in [4.69, 9.17) is 10.8 Å². The highest BCUT2D eigenvalue weighted by Crippen LogP contribution is 2.29. The van der Waals surface area contributed by atoms with Gasteiger partial charge in [-0.15, -0.1) is 0 Å². The lowest BCUT2D eigenvalue weighted by atomic mass is 9.84. The van der Waals surface area contributed by atoms with Crippen LogP contribution in [0.3, 0.4) is 0 Å². The Bertz CT molecular complexity index is 753. The first kappa shape index (κ1) is 16.3. The predicted octanol–water partition coefficient (Wildman–Crippen LogP) is 2.61. The number of hydrogen-bond acceptors (Lipinski definition) is 3. The zero-order chi connectivity index (χ0) is 17.2. The Morgan fingerprint density at radius 1 is 1.16 bits per heavy atom. The van der Waals surface area contributed by atoms with Crippen LogP contribution < -0.4 is 11.1 Å². The molecule has 2 aliphatic carbocycles. The maximum Gasteiger partial charge on any atom is 0.272 e. The summed E-state index contributed by atoms with van der Waals surface area (Å²) in [5.74, 6) is 0.361. The van der Waals surface area contributed by atoms with Gasteiger partial charge in [-0.2, -0.15) is 5.10 Å². The van der Waals surface area contributed by atoms with Crippen LogP contribution in [0.4, 0.5) is 0 Å². The van der Waals surface area contributed by atoms with E-state index in [1.807, 2.05) is 35.0 Å². The standard InChI is InChI=1S/C20H26N4O/c21-13-14-7-4-5-11-17(14)22-20(25)19-16-10-6-12-18(16)24(23-19)15-8-2-1-3-9-15/h1-3,8-9,14,17H,4-7,10-13,21H2,(H,22,25). The van der Waals surface area contributed by atoms with Crippen molar-refractivity contribution < 1.29 is 4.79 Å². The number of nitrogens with two attached hydrogens (primary N) is 1. The highest BCUT2D eigenvalue weighted by atomic mass is 16.2. The molecular weight excluding hydrogens is 312 g/mol. The fraction of sp³-hybridized carbons (Fsp3) is 0.500. The third-order valence-electron chi connectivity index (χ3n) is 5.67. The number of fused-ring (bicyclic) bond motifs is 1. The summed E-state index contributed by atoms with van der Waals surface area (Å²) in [7, 11) is 0. The van der Waals surface area contributed by atoms with E-state index in [1.54, 1.807) is 0 Å². The summed E-state index contributed by atoms with van der Waals surface area (Å²) in [5, 5.41) is 7.93. The summed E-state index contributed by atoms with van der Waals surface area (Å²) in [6.07, 6.45) is 7.53. The molecule has 0 radical (unpaired) electrons. The summed E-state index contributed by atoms with van der Waals surface area (Å²) in [6, 6.07) is 10.3. The van der Waals surface area contributed by atoms with E-state index < -0.39 is 0 Å². The number of benzene rings is 1. The van der Waals surface area contributed by atoms with Crippen LogP contribution in [0.15, 0.2) is 30.3 Å². The lowest BCUT2D eigenvalue weighted by Gasteiger charge is -2.31. The number of hydrogen-bond donors (Lipinski definition) is 2. The molecule has 0 aliphatic heterocycles. The Morgan fingerprint density at radius 2 is 1.96 bits per heavy atom. The average Bonchev–Trinajstić information content (AvgIpc) is 3.25. The normalized spacial score (nSPS) is 22.6. The number of carbonyl (C=O) groups excluding carboxylic acids is 1. The van der Waals surface area contributed by atoms with Gasteiger partial charge in [-0.1, -0.05) is 31.0 Å². The van der Waals surface area contributed by atoms with Gasteiger partial charge >= 0.3 is 0 Å². The Labute approximate surface area is 148 Å². The Balaban J connectivity index is 1.61. The molecule has 25 heavy (non-hydrogen) atoms. The molecule has 0 saturated heterocycles. The Kier molecular flexibility index (Phi) is 4.57. The van der Waals surface area contributed by atoms with Crippen molar-refractivity contribution in [3.63, 3.8) is 0 Å². The predicted molar refractivity (Wildman–Crippen MR) is 97.9 cm³/mol. The van der Waals surface area contributed by atoms with E-state index in [2.05, 4.69) is 5.32 Å². The van der Waals surface area contributed by atoms with Crippen LogP contribution in [-0.2, 0) is 12.8 Å². The summed E-state index contributed by atoms with van der Waals surface area (Å²) in [4.78, 5) is 13.0. The van der Waals surface area contributed by atoms with E-state index in [9.17, 15) is 4.79 Å². The molecule has 1 saturated carbocycles. The second kappa shape index (κ2) is 7.00. The lowest BCUT2D eigenvalue weighted by molar-refractivity contribution is 0.0901. The maximum atomic E-state index is 13.0. The van der Waals surface area contributed by atoms with Crippen LogP contribution in [0.25, 0.3) is 5.69 Å². The molecule has 1 aromatic carbocycles. The van der Waals surface area contributed by atoms with E-state index in [0.717, 1.165) is 49.8 Å². The maximum absolute atomic E-state index is 13.0. The first-order valence-electron chi connectivity index (χ1n) is 9.45. The average molecular weight is 338 g/mol. The molecule has 2 aliphatic rings. The molecule has 5 nitrogen and oxygen atoms in total. The Hall–Kier alpha value is -2.14. The van der Waals surface area contributed by atoms with Crippen molar-refractivity contribution in [3.05, 3.63) is 47.3 Å². The molecule has 1 aromatic heterocycles. The van der Waals surface area contributed by atoms with Crippen molar-refractivity contribution >= 4 is 5.91 Å². The number of amides is 1. The van der Waals surface area contributed by atoms with Crippen molar-refractivity contribution in [1.82, 2.24) is 15.1 Å². The van der Waals surface area contributed by atoms with Gasteiger partial charge in [0, 0.05) is 17.3 Å². The molecule has 1 fully saturated rings. The molecular formula is C20H26N4O. The van der Waals surface area contributed by atoms with Crippen LogP contribution in [0.2, 0.25) is 0 Å². The highest BCUT2D eigenvalue weighted by molar-refractivity contribution is 5.94. The van der Waals surface area contributed by atoms with Crippen molar-refractivity contribution in [2.24, 2.45) is 11.7 Å². The van der Waals surface area contributed by atoms with Crippen molar-refractivity contribution in [1.29, 1.82) is 0 Å². The molecule has 2 atom stereocenters. The van der Waals surface area contributed by atoms with Gasteiger partial charge in [0.1, 0.15) is 0 Å². The first-order chi connectivity index (χ1) is 12.3. The van der Waals surface area contributed by atoms with Crippen molar-refractivity contribution in [2.75, 3.05) is 6.54 Å². The molecule has 4 rings (SSSR count). The lowest BCUT2D eigenvalue weighted by Crippen LogP contribution is -2.45. The van der Waals surface area contributed by atoms with Gasteiger partial charge in [0.2, 0.25) is 0 Å². The molecule has 3 N–H and O–H groups in total. The zero-order valence-electron chi connectivity index (χ0n) is 14.6. The minimum Gasteiger partial charge on any atom is -0.348 e.